The lowest BCUT2D eigenvalue weighted by atomic mass is 10.1. The summed E-state index contributed by atoms with van der Waals surface area (Å²) in [5, 5.41) is 1.88. The van der Waals surface area contributed by atoms with Gasteiger partial charge in [-0.15, -0.1) is 24.0 Å². The molecule has 0 unspecified atom stereocenters. The molecule has 0 saturated carbocycles. The number of thiol groups is 1. The average molecular weight is 277 g/mol. The lowest BCUT2D eigenvalue weighted by Gasteiger charge is -2.22. The van der Waals surface area contributed by atoms with Crippen LogP contribution in [-0.4, -0.2) is 12.5 Å². The second kappa shape index (κ2) is 5.59. The maximum absolute atomic E-state index is 12.4. The molecule has 94 valence electrons. The summed E-state index contributed by atoms with van der Waals surface area (Å²) < 4.78 is 0. The number of anilines is 1. The van der Waals surface area contributed by atoms with E-state index >= 15 is 0 Å². The Morgan fingerprint density at radius 2 is 2.11 bits per heavy atom. The van der Waals surface area contributed by atoms with E-state index in [0.717, 1.165) is 21.0 Å². The number of para-hydroxylation sites is 1. The highest BCUT2D eigenvalue weighted by Gasteiger charge is 2.18. The minimum Gasteiger partial charge on any atom is -0.308 e. The van der Waals surface area contributed by atoms with Gasteiger partial charge >= 0.3 is 0 Å². The van der Waals surface area contributed by atoms with Crippen LogP contribution in [0.5, 0.6) is 0 Å². The van der Waals surface area contributed by atoms with Crippen molar-refractivity contribution >= 4 is 35.6 Å². The predicted molar refractivity (Wildman–Crippen MR) is 80.1 cm³/mol. The van der Waals surface area contributed by atoms with Crippen LogP contribution in [0.3, 0.4) is 0 Å². The van der Waals surface area contributed by atoms with Gasteiger partial charge in [0.25, 0.3) is 5.91 Å². The third-order valence-corrected chi connectivity index (χ3v) is 4.12. The van der Waals surface area contributed by atoms with Crippen molar-refractivity contribution in [2.45, 2.75) is 18.7 Å². The fourth-order valence-corrected chi connectivity index (χ4v) is 2.96. The van der Waals surface area contributed by atoms with E-state index in [0.29, 0.717) is 6.54 Å². The number of benzene rings is 1. The molecule has 0 spiro atoms. The van der Waals surface area contributed by atoms with Crippen LogP contribution in [0.2, 0.25) is 0 Å². The molecule has 0 saturated heterocycles. The maximum Gasteiger partial charge on any atom is 0.268 e. The van der Waals surface area contributed by atoms with Crippen molar-refractivity contribution in [1.82, 2.24) is 0 Å². The number of hydrogen-bond donors (Lipinski definition) is 1. The molecular weight excluding hydrogens is 262 g/mol. The molecule has 0 N–H and O–H groups in total. The second-order valence-electron chi connectivity index (χ2n) is 4.01. The van der Waals surface area contributed by atoms with E-state index in [1.807, 2.05) is 49.6 Å². The van der Waals surface area contributed by atoms with Crippen molar-refractivity contribution in [3.63, 3.8) is 0 Å². The molecule has 0 bridgehead atoms. The van der Waals surface area contributed by atoms with Crippen LogP contribution in [-0.2, 0) is 0 Å². The summed E-state index contributed by atoms with van der Waals surface area (Å²) in [4.78, 5) is 15.8. The van der Waals surface area contributed by atoms with Crippen LogP contribution in [0.1, 0.15) is 22.2 Å². The smallest absolute Gasteiger partial charge is 0.268 e. The summed E-state index contributed by atoms with van der Waals surface area (Å²) in [5.74, 6) is 0.0390. The average Bonchev–Trinajstić information content (AvgIpc) is 2.79. The predicted octanol–water partition coefficient (Wildman–Crippen LogP) is 4.01. The second-order valence-corrected chi connectivity index (χ2v) is 5.43. The largest absolute Gasteiger partial charge is 0.308 e. The Hall–Kier alpha value is -1.26. The van der Waals surface area contributed by atoms with E-state index in [4.69, 9.17) is 0 Å². The van der Waals surface area contributed by atoms with E-state index in [-0.39, 0.29) is 5.91 Å². The Kier molecular flexibility index (Phi) is 4.09. The monoisotopic (exact) mass is 277 g/mol. The molecule has 0 fully saturated rings. The molecule has 1 heterocycles. The summed E-state index contributed by atoms with van der Waals surface area (Å²) >= 11 is 5.68. The number of carbonyl (C=O) groups excluding carboxylic acids is 1. The molecule has 0 aliphatic heterocycles. The quantitative estimate of drug-likeness (QED) is 0.840. The van der Waals surface area contributed by atoms with E-state index in [1.54, 1.807) is 4.90 Å². The van der Waals surface area contributed by atoms with Crippen molar-refractivity contribution in [1.29, 1.82) is 0 Å². The molecule has 1 amide bonds. The first-order valence-corrected chi connectivity index (χ1v) is 7.11. The van der Waals surface area contributed by atoms with Crippen molar-refractivity contribution in [3.8, 4) is 0 Å². The van der Waals surface area contributed by atoms with Gasteiger partial charge in [-0.3, -0.25) is 4.79 Å². The Labute approximate surface area is 117 Å². The van der Waals surface area contributed by atoms with Crippen LogP contribution in [0.25, 0.3) is 0 Å². The number of amides is 1. The summed E-state index contributed by atoms with van der Waals surface area (Å²) in [5.41, 5.74) is 2.08. The molecule has 0 radical (unpaired) electrons. The molecule has 0 aliphatic rings. The molecule has 2 nitrogen and oxygen atoms in total. The van der Waals surface area contributed by atoms with Gasteiger partial charge in [-0.1, -0.05) is 18.2 Å². The van der Waals surface area contributed by atoms with Crippen LogP contribution in [0.15, 0.2) is 40.6 Å². The fraction of sp³-hybridized carbons (Fsp3) is 0.214. The number of nitrogens with zero attached hydrogens (tertiary/aromatic N) is 1. The molecule has 4 heteroatoms. The van der Waals surface area contributed by atoms with E-state index in [2.05, 4.69) is 12.6 Å². The Morgan fingerprint density at radius 3 is 2.67 bits per heavy atom. The van der Waals surface area contributed by atoms with Crippen LogP contribution in [0, 0.1) is 6.92 Å². The zero-order chi connectivity index (χ0) is 13.1. The molecule has 2 rings (SSSR count). The van der Waals surface area contributed by atoms with Crippen LogP contribution < -0.4 is 4.90 Å². The first kappa shape index (κ1) is 13.2. The highest BCUT2D eigenvalue weighted by molar-refractivity contribution is 7.80. The highest BCUT2D eigenvalue weighted by Crippen LogP contribution is 2.25. The van der Waals surface area contributed by atoms with Gasteiger partial charge in [0.05, 0.1) is 4.88 Å². The first-order chi connectivity index (χ1) is 8.63. The van der Waals surface area contributed by atoms with Gasteiger partial charge < -0.3 is 4.90 Å². The van der Waals surface area contributed by atoms with Crippen molar-refractivity contribution < 1.29 is 4.79 Å². The van der Waals surface area contributed by atoms with Crippen LogP contribution in [0.4, 0.5) is 5.69 Å². The van der Waals surface area contributed by atoms with Crippen molar-refractivity contribution in [2.75, 3.05) is 11.4 Å². The Balaban J connectivity index is 2.35. The van der Waals surface area contributed by atoms with Gasteiger partial charge in [-0.05, 0) is 31.5 Å². The molecule has 18 heavy (non-hydrogen) atoms. The number of carbonyl (C=O) groups is 1. The van der Waals surface area contributed by atoms with Crippen molar-refractivity contribution in [3.05, 3.63) is 46.2 Å². The number of aryl methyl sites for hydroxylation is 1. The molecule has 2 aromatic rings. The summed E-state index contributed by atoms with van der Waals surface area (Å²) in [6, 6.07) is 9.75. The van der Waals surface area contributed by atoms with Gasteiger partial charge in [0.2, 0.25) is 0 Å². The molecule has 1 aromatic heterocycles. The first-order valence-electron chi connectivity index (χ1n) is 5.78. The topological polar surface area (TPSA) is 20.3 Å². The Morgan fingerprint density at radius 1 is 1.39 bits per heavy atom. The standard InChI is InChI=1S/C14H15NOS2/c1-3-15(12-7-5-4-6-10(12)2)14(16)13-8-11(17)9-18-13/h4-9,17H,3H2,1-2H3. The van der Waals surface area contributed by atoms with Crippen molar-refractivity contribution in [2.24, 2.45) is 0 Å². The SMILES string of the molecule is CCN(C(=O)c1cc(S)cs1)c1ccccc1C. The zero-order valence-corrected chi connectivity index (χ0v) is 12.1. The normalized spacial score (nSPS) is 10.4. The summed E-state index contributed by atoms with van der Waals surface area (Å²) in [6.45, 7) is 4.66. The fourth-order valence-electron chi connectivity index (χ4n) is 1.86. The minimum absolute atomic E-state index is 0.0390. The van der Waals surface area contributed by atoms with Crippen LogP contribution >= 0.6 is 24.0 Å². The zero-order valence-electron chi connectivity index (χ0n) is 10.4. The van der Waals surface area contributed by atoms with Gasteiger partial charge in [-0.2, -0.15) is 0 Å². The summed E-state index contributed by atoms with van der Waals surface area (Å²) in [7, 11) is 0. The third-order valence-electron chi connectivity index (χ3n) is 2.76. The third kappa shape index (κ3) is 2.60. The number of thiophene rings is 1. The van der Waals surface area contributed by atoms with E-state index in [9.17, 15) is 4.79 Å². The van der Waals surface area contributed by atoms with Gasteiger partial charge in [0.1, 0.15) is 0 Å². The van der Waals surface area contributed by atoms with Gasteiger partial charge in [0.15, 0.2) is 0 Å². The van der Waals surface area contributed by atoms with E-state index in [1.165, 1.54) is 11.3 Å². The number of rotatable bonds is 3. The lowest BCUT2D eigenvalue weighted by molar-refractivity contribution is 0.0992. The Bertz CT molecular complexity index is 562. The summed E-state index contributed by atoms with van der Waals surface area (Å²) in [6.07, 6.45) is 0. The minimum atomic E-state index is 0.0390. The van der Waals surface area contributed by atoms with E-state index < -0.39 is 0 Å². The molecule has 1 aromatic carbocycles. The number of hydrogen-bond acceptors (Lipinski definition) is 3. The molecular formula is C14H15NOS2. The lowest BCUT2D eigenvalue weighted by Crippen LogP contribution is -2.30. The molecule has 0 aliphatic carbocycles. The maximum atomic E-state index is 12.4. The highest BCUT2D eigenvalue weighted by atomic mass is 32.1. The van der Waals surface area contributed by atoms with Gasteiger partial charge in [0, 0.05) is 22.5 Å². The molecule has 0 atom stereocenters. The van der Waals surface area contributed by atoms with Gasteiger partial charge in [-0.25, -0.2) is 0 Å².